The van der Waals surface area contributed by atoms with Crippen molar-refractivity contribution in [2.24, 2.45) is 5.10 Å². The van der Waals surface area contributed by atoms with E-state index in [9.17, 15) is 4.39 Å². The SMILES string of the molecule is CC/C(=N/Nc1ncnc2c1oc1ccccc12)c1ccc(F)cc1. The van der Waals surface area contributed by atoms with Crippen LogP contribution in [0.3, 0.4) is 0 Å². The molecular formula is C19H15FN4O. The predicted molar refractivity (Wildman–Crippen MR) is 96.2 cm³/mol. The van der Waals surface area contributed by atoms with Crippen molar-refractivity contribution in [1.29, 1.82) is 0 Å². The number of hydrogen-bond donors (Lipinski definition) is 1. The minimum atomic E-state index is -0.271. The van der Waals surface area contributed by atoms with Gasteiger partial charge in [-0.15, -0.1) is 0 Å². The number of rotatable bonds is 4. The number of fused-ring (bicyclic) bond motifs is 3. The molecule has 0 bridgehead atoms. The second-order valence-corrected chi connectivity index (χ2v) is 5.53. The minimum Gasteiger partial charge on any atom is -0.450 e. The van der Waals surface area contributed by atoms with Gasteiger partial charge in [-0.25, -0.2) is 14.4 Å². The molecule has 0 fully saturated rings. The third-order valence-electron chi connectivity index (χ3n) is 3.97. The molecule has 5 nitrogen and oxygen atoms in total. The molecule has 0 atom stereocenters. The average molecular weight is 334 g/mol. The lowest BCUT2D eigenvalue weighted by Crippen LogP contribution is -2.04. The van der Waals surface area contributed by atoms with Gasteiger partial charge in [0.2, 0.25) is 0 Å². The van der Waals surface area contributed by atoms with Crippen molar-refractivity contribution in [3.05, 3.63) is 66.2 Å². The number of aromatic nitrogens is 2. The number of para-hydroxylation sites is 1. The van der Waals surface area contributed by atoms with E-state index in [1.165, 1.54) is 18.5 Å². The Morgan fingerprint density at radius 2 is 1.92 bits per heavy atom. The first-order valence-electron chi connectivity index (χ1n) is 7.97. The fourth-order valence-corrected chi connectivity index (χ4v) is 2.71. The van der Waals surface area contributed by atoms with Crippen molar-refractivity contribution in [2.45, 2.75) is 13.3 Å². The summed E-state index contributed by atoms with van der Waals surface area (Å²) in [6.07, 6.45) is 2.17. The van der Waals surface area contributed by atoms with Gasteiger partial charge >= 0.3 is 0 Å². The zero-order valence-corrected chi connectivity index (χ0v) is 13.5. The lowest BCUT2D eigenvalue weighted by Gasteiger charge is -2.05. The molecule has 1 N–H and O–H groups in total. The first kappa shape index (κ1) is 15.3. The molecule has 0 spiro atoms. The Balaban J connectivity index is 1.73. The fraction of sp³-hybridized carbons (Fsp3) is 0.105. The van der Waals surface area contributed by atoms with Crippen LogP contribution in [0.2, 0.25) is 0 Å². The Morgan fingerprint density at radius 1 is 1.12 bits per heavy atom. The van der Waals surface area contributed by atoms with Gasteiger partial charge in [0.05, 0.1) is 5.71 Å². The highest BCUT2D eigenvalue weighted by Crippen LogP contribution is 2.30. The standard InChI is InChI=1S/C19H15FN4O/c1-2-15(12-7-9-13(20)10-8-12)23-24-19-18-17(21-11-22-19)14-5-3-4-6-16(14)25-18/h3-11H,2H2,1H3,(H,21,22,24)/b23-15-. The van der Waals surface area contributed by atoms with Crippen LogP contribution in [0.25, 0.3) is 22.1 Å². The van der Waals surface area contributed by atoms with E-state index in [1.807, 2.05) is 31.2 Å². The summed E-state index contributed by atoms with van der Waals surface area (Å²) in [6, 6.07) is 13.9. The quantitative estimate of drug-likeness (QED) is 0.432. The van der Waals surface area contributed by atoms with Crippen LogP contribution in [0.4, 0.5) is 10.2 Å². The Hall–Kier alpha value is -3.28. The molecule has 0 aliphatic rings. The highest BCUT2D eigenvalue weighted by Gasteiger charge is 2.12. The van der Waals surface area contributed by atoms with Crippen molar-refractivity contribution in [3.8, 4) is 0 Å². The number of nitrogens with one attached hydrogen (secondary N) is 1. The third kappa shape index (κ3) is 2.82. The van der Waals surface area contributed by atoms with Gasteiger partial charge in [0, 0.05) is 5.39 Å². The van der Waals surface area contributed by atoms with Gasteiger partial charge in [0.25, 0.3) is 0 Å². The van der Waals surface area contributed by atoms with E-state index in [0.717, 1.165) is 27.8 Å². The molecule has 2 heterocycles. The van der Waals surface area contributed by atoms with E-state index < -0.39 is 0 Å². The Morgan fingerprint density at radius 3 is 2.72 bits per heavy atom. The van der Waals surface area contributed by atoms with Crippen LogP contribution in [0.5, 0.6) is 0 Å². The van der Waals surface area contributed by atoms with Crippen LogP contribution < -0.4 is 5.43 Å². The van der Waals surface area contributed by atoms with E-state index in [4.69, 9.17) is 4.42 Å². The predicted octanol–water partition coefficient (Wildman–Crippen LogP) is 4.74. The maximum Gasteiger partial charge on any atom is 0.197 e. The summed E-state index contributed by atoms with van der Waals surface area (Å²) in [7, 11) is 0. The van der Waals surface area contributed by atoms with Gasteiger partial charge in [-0.05, 0) is 36.2 Å². The third-order valence-corrected chi connectivity index (χ3v) is 3.97. The second kappa shape index (κ2) is 6.32. The first-order chi connectivity index (χ1) is 12.3. The molecule has 2 aromatic carbocycles. The number of hydrazone groups is 1. The maximum atomic E-state index is 13.1. The summed E-state index contributed by atoms with van der Waals surface area (Å²) in [4.78, 5) is 8.54. The highest BCUT2D eigenvalue weighted by molar-refractivity contribution is 6.06. The van der Waals surface area contributed by atoms with E-state index in [1.54, 1.807) is 12.1 Å². The maximum absolute atomic E-state index is 13.1. The summed E-state index contributed by atoms with van der Waals surface area (Å²) in [5.74, 6) is 0.223. The average Bonchev–Trinajstić information content (AvgIpc) is 3.03. The molecule has 0 saturated heterocycles. The summed E-state index contributed by atoms with van der Waals surface area (Å²) in [5.41, 5.74) is 6.66. The van der Waals surface area contributed by atoms with Gasteiger partial charge in [0.15, 0.2) is 11.4 Å². The Labute approximate surface area is 143 Å². The molecule has 4 rings (SSSR count). The van der Waals surface area contributed by atoms with Gasteiger partial charge in [-0.3, -0.25) is 5.43 Å². The van der Waals surface area contributed by atoms with Crippen LogP contribution in [-0.4, -0.2) is 15.7 Å². The molecule has 124 valence electrons. The molecule has 0 amide bonds. The van der Waals surface area contributed by atoms with Crippen molar-refractivity contribution < 1.29 is 8.81 Å². The van der Waals surface area contributed by atoms with Gasteiger partial charge in [-0.1, -0.05) is 31.2 Å². The van der Waals surface area contributed by atoms with Crippen LogP contribution in [0.1, 0.15) is 18.9 Å². The van der Waals surface area contributed by atoms with Crippen LogP contribution in [-0.2, 0) is 0 Å². The topological polar surface area (TPSA) is 63.3 Å². The molecule has 6 heteroatoms. The van der Waals surface area contributed by atoms with Gasteiger partial charge in [0.1, 0.15) is 23.2 Å². The zero-order chi connectivity index (χ0) is 17.2. The lowest BCUT2D eigenvalue weighted by molar-refractivity contribution is 0.627. The van der Waals surface area contributed by atoms with Crippen molar-refractivity contribution in [3.63, 3.8) is 0 Å². The van der Waals surface area contributed by atoms with E-state index in [-0.39, 0.29) is 5.82 Å². The molecule has 0 radical (unpaired) electrons. The summed E-state index contributed by atoms with van der Waals surface area (Å²) < 4.78 is 19.0. The van der Waals surface area contributed by atoms with Gasteiger partial charge in [-0.2, -0.15) is 5.10 Å². The van der Waals surface area contributed by atoms with Crippen LogP contribution in [0.15, 0.2) is 64.4 Å². The van der Waals surface area contributed by atoms with Crippen LogP contribution in [0, 0.1) is 5.82 Å². The Kier molecular flexibility index (Phi) is 3.85. The molecule has 0 aliphatic heterocycles. The normalized spacial score (nSPS) is 12.0. The number of anilines is 1. The minimum absolute atomic E-state index is 0.271. The van der Waals surface area contributed by atoms with E-state index >= 15 is 0 Å². The Bertz CT molecular complexity index is 1070. The first-order valence-corrected chi connectivity index (χ1v) is 7.97. The largest absolute Gasteiger partial charge is 0.450 e. The number of halogens is 1. The van der Waals surface area contributed by atoms with Gasteiger partial charge < -0.3 is 4.42 Å². The number of benzene rings is 2. The highest BCUT2D eigenvalue weighted by atomic mass is 19.1. The molecule has 25 heavy (non-hydrogen) atoms. The molecule has 0 saturated carbocycles. The second-order valence-electron chi connectivity index (χ2n) is 5.53. The molecule has 4 aromatic rings. The summed E-state index contributed by atoms with van der Waals surface area (Å²) in [5, 5.41) is 5.36. The van der Waals surface area contributed by atoms with E-state index in [2.05, 4.69) is 20.5 Å². The molecule has 0 unspecified atom stereocenters. The lowest BCUT2D eigenvalue weighted by atomic mass is 10.1. The monoisotopic (exact) mass is 334 g/mol. The van der Waals surface area contributed by atoms with Crippen molar-refractivity contribution >= 4 is 33.6 Å². The zero-order valence-electron chi connectivity index (χ0n) is 13.5. The number of hydrogen-bond acceptors (Lipinski definition) is 5. The molecular weight excluding hydrogens is 319 g/mol. The summed E-state index contributed by atoms with van der Waals surface area (Å²) in [6.45, 7) is 1.99. The molecule has 0 aliphatic carbocycles. The van der Waals surface area contributed by atoms with Crippen molar-refractivity contribution in [1.82, 2.24) is 9.97 Å². The number of furan rings is 1. The fourth-order valence-electron chi connectivity index (χ4n) is 2.71. The van der Waals surface area contributed by atoms with Crippen molar-refractivity contribution in [2.75, 3.05) is 5.43 Å². The van der Waals surface area contributed by atoms with E-state index in [0.29, 0.717) is 17.8 Å². The smallest absolute Gasteiger partial charge is 0.197 e. The van der Waals surface area contributed by atoms with Crippen LogP contribution >= 0.6 is 0 Å². The summed E-state index contributed by atoms with van der Waals surface area (Å²) >= 11 is 0. The number of nitrogens with zero attached hydrogens (tertiary/aromatic N) is 3. The molecule has 2 aromatic heterocycles.